The first-order chi connectivity index (χ1) is 9.11. The van der Waals surface area contributed by atoms with Crippen molar-refractivity contribution in [1.29, 1.82) is 0 Å². The monoisotopic (exact) mass is 279 g/mol. The third kappa shape index (κ3) is 3.02. The van der Waals surface area contributed by atoms with Gasteiger partial charge in [0.05, 0.1) is 9.93 Å². The van der Waals surface area contributed by atoms with E-state index in [0.29, 0.717) is 30.3 Å². The van der Waals surface area contributed by atoms with Gasteiger partial charge in [0.1, 0.15) is 11.4 Å². The molecule has 0 atom stereocenters. The van der Waals surface area contributed by atoms with Gasteiger partial charge in [-0.3, -0.25) is 10.1 Å². The lowest BCUT2D eigenvalue weighted by atomic mass is 10.2. The number of thiazole rings is 1. The van der Waals surface area contributed by atoms with Crippen LogP contribution in [0.2, 0.25) is 0 Å². The second-order valence-corrected chi connectivity index (χ2v) is 4.80. The number of aromatic nitrogens is 3. The zero-order valence-electron chi connectivity index (χ0n) is 10.6. The largest absolute Gasteiger partial charge is 0.354 e. The van der Waals surface area contributed by atoms with Crippen molar-refractivity contribution >= 4 is 23.0 Å². The van der Waals surface area contributed by atoms with Gasteiger partial charge in [0.15, 0.2) is 0 Å². The van der Waals surface area contributed by atoms with Crippen LogP contribution in [0.1, 0.15) is 23.3 Å². The van der Waals surface area contributed by atoms with Gasteiger partial charge in [0, 0.05) is 24.5 Å². The summed E-state index contributed by atoms with van der Waals surface area (Å²) in [6, 6.07) is 0. The molecular formula is C11H13N5O2S. The van der Waals surface area contributed by atoms with Gasteiger partial charge < -0.3 is 5.32 Å². The van der Waals surface area contributed by atoms with E-state index in [2.05, 4.69) is 20.3 Å². The zero-order chi connectivity index (χ0) is 13.8. The Morgan fingerprint density at radius 2 is 2.26 bits per heavy atom. The highest BCUT2D eigenvalue weighted by Crippen LogP contribution is 2.24. The van der Waals surface area contributed by atoms with Gasteiger partial charge in [0.25, 0.3) is 0 Å². The fourth-order valence-corrected chi connectivity index (χ4v) is 2.33. The van der Waals surface area contributed by atoms with Crippen molar-refractivity contribution in [3.63, 3.8) is 0 Å². The summed E-state index contributed by atoms with van der Waals surface area (Å²) < 4.78 is 0. The van der Waals surface area contributed by atoms with E-state index in [1.54, 1.807) is 13.1 Å². The van der Waals surface area contributed by atoms with Gasteiger partial charge in [-0.15, -0.1) is 11.3 Å². The van der Waals surface area contributed by atoms with E-state index in [4.69, 9.17) is 0 Å². The first-order valence-electron chi connectivity index (χ1n) is 5.76. The summed E-state index contributed by atoms with van der Waals surface area (Å²) in [5, 5.41) is 16.7. The minimum absolute atomic E-state index is 0.0307. The van der Waals surface area contributed by atoms with Crippen molar-refractivity contribution in [2.24, 2.45) is 0 Å². The average molecular weight is 279 g/mol. The highest BCUT2D eigenvalue weighted by Gasteiger charge is 2.22. The topological polar surface area (TPSA) is 93.8 Å². The molecule has 0 radical (unpaired) electrons. The summed E-state index contributed by atoms with van der Waals surface area (Å²) in [6.07, 6.45) is 2.01. The summed E-state index contributed by atoms with van der Waals surface area (Å²) in [6.45, 7) is 4.19. The van der Waals surface area contributed by atoms with Crippen molar-refractivity contribution in [3.8, 4) is 0 Å². The number of nitrogens with one attached hydrogen (secondary N) is 1. The SMILES string of the molecule is CCNc1nc(C)c([N+](=O)[O-])c(Cc2nccs2)n1. The van der Waals surface area contributed by atoms with Crippen molar-refractivity contribution < 1.29 is 4.92 Å². The number of aryl methyl sites for hydroxylation is 1. The molecule has 0 aliphatic heterocycles. The van der Waals surface area contributed by atoms with Crippen LogP contribution in [0.25, 0.3) is 0 Å². The molecule has 2 aromatic heterocycles. The van der Waals surface area contributed by atoms with Crippen LogP contribution in [0, 0.1) is 17.0 Å². The Bertz CT molecular complexity index is 585. The quantitative estimate of drug-likeness (QED) is 0.666. The third-order valence-corrected chi connectivity index (χ3v) is 3.23. The third-order valence-electron chi connectivity index (χ3n) is 2.45. The predicted molar refractivity (Wildman–Crippen MR) is 72.5 cm³/mol. The molecule has 0 fully saturated rings. The molecule has 0 aliphatic carbocycles. The van der Waals surface area contributed by atoms with Gasteiger partial charge in [-0.1, -0.05) is 0 Å². The molecule has 0 spiro atoms. The Kier molecular flexibility index (Phi) is 4.00. The summed E-state index contributed by atoms with van der Waals surface area (Å²) in [4.78, 5) is 23.1. The molecular weight excluding hydrogens is 266 g/mol. The van der Waals surface area contributed by atoms with Gasteiger partial charge in [0.2, 0.25) is 5.95 Å². The summed E-state index contributed by atoms with van der Waals surface area (Å²) in [5.74, 6) is 0.414. The molecule has 19 heavy (non-hydrogen) atoms. The van der Waals surface area contributed by atoms with Crippen LogP contribution in [-0.4, -0.2) is 26.4 Å². The number of anilines is 1. The molecule has 7 nitrogen and oxygen atoms in total. The second kappa shape index (κ2) is 5.70. The maximum absolute atomic E-state index is 11.1. The van der Waals surface area contributed by atoms with E-state index < -0.39 is 4.92 Å². The first-order valence-corrected chi connectivity index (χ1v) is 6.64. The maximum Gasteiger partial charge on any atom is 0.312 e. The standard InChI is InChI=1S/C11H13N5O2S/c1-3-12-11-14-7(2)10(16(17)18)8(15-11)6-9-13-4-5-19-9/h4-5H,3,6H2,1-2H3,(H,12,14,15). The van der Waals surface area contributed by atoms with E-state index >= 15 is 0 Å². The molecule has 2 aromatic rings. The van der Waals surface area contributed by atoms with Gasteiger partial charge in [-0.2, -0.15) is 0 Å². The number of rotatable bonds is 5. The van der Waals surface area contributed by atoms with Gasteiger partial charge >= 0.3 is 5.69 Å². The van der Waals surface area contributed by atoms with Crippen LogP contribution < -0.4 is 5.32 Å². The minimum Gasteiger partial charge on any atom is -0.354 e. The molecule has 0 saturated carbocycles. The van der Waals surface area contributed by atoms with E-state index in [0.717, 1.165) is 5.01 Å². The van der Waals surface area contributed by atoms with E-state index in [-0.39, 0.29) is 5.69 Å². The lowest BCUT2D eigenvalue weighted by Crippen LogP contribution is -2.09. The summed E-state index contributed by atoms with van der Waals surface area (Å²) >= 11 is 1.45. The molecule has 0 aliphatic rings. The lowest BCUT2D eigenvalue weighted by molar-refractivity contribution is -0.386. The van der Waals surface area contributed by atoms with Crippen LogP contribution >= 0.6 is 11.3 Å². The van der Waals surface area contributed by atoms with E-state index in [9.17, 15) is 10.1 Å². The molecule has 0 bridgehead atoms. The lowest BCUT2D eigenvalue weighted by Gasteiger charge is -2.07. The Balaban J connectivity index is 2.44. The molecule has 100 valence electrons. The smallest absolute Gasteiger partial charge is 0.312 e. The number of hydrogen-bond acceptors (Lipinski definition) is 7. The van der Waals surface area contributed by atoms with E-state index in [1.807, 2.05) is 12.3 Å². The van der Waals surface area contributed by atoms with Gasteiger partial charge in [-0.05, 0) is 13.8 Å². The highest BCUT2D eigenvalue weighted by molar-refractivity contribution is 7.09. The Labute approximate surface area is 113 Å². The molecule has 1 N–H and O–H groups in total. The normalized spacial score (nSPS) is 10.4. The van der Waals surface area contributed by atoms with Crippen LogP contribution in [0.15, 0.2) is 11.6 Å². The maximum atomic E-state index is 11.1. The van der Waals surface area contributed by atoms with Crippen LogP contribution in [0.5, 0.6) is 0 Å². The highest BCUT2D eigenvalue weighted by atomic mass is 32.1. The molecule has 0 saturated heterocycles. The second-order valence-electron chi connectivity index (χ2n) is 3.82. The number of nitro groups is 1. The molecule has 2 heterocycles. The Morgan fingerprint density at radius 3 is 2.84 bits per heavy atom. The Morgan fingerprint density at radius 1 is 1.47 bits per heavy atom. The predicted octanol–water partition coefficient (Wildman–Crippen LogP) is 2.17. The zero-order valence-corrected chi connectivity index (χ0v) is 11.4. The molecule has 8 heteroatoms. The van der Waals surface area contributed by atoms with Crippen molar-refractivity contribution in [3.05, 3.63) is 38.1 Å². The average Bonchev–Trinajstić information content (AvgIpc) is 2.81. The molecule has 2 rings (SSSR count). The fraction of sp³-hybridized carbons (Fsp3) is 0.364. The van der Waals surface area contributed by atoms with E-state index in [1.165, 1.54) is 11.3 Å². The molecule has 0 unspecified atom stereocenters. The number of hydrogen-bond donors (Lipinski definition) is 1. The first kappa shape index (κ1) is 13.3. The Hall–Kier alpha value is -2.09. The van der Waals surface area contributed by atoms with Crippen molar-refractivity contribution in [2.75, 3.05) is 11.9 Å². The van der Waals surface area contributed by atoms with Crippen LogP contribution in [-0.2, 0) is 6.42 Å². The molecule has 0 amide bonds. The van der Waals surface area contributed by atoms with Crippen LogP contribution in [0.4, 0.5) is 11.6 Å². The fourth-order valence-electron chi connectivity index (χ4n) is 1.71. The minimum atomic E-state index is -0.437. The summed E-state index contributed by atoms with van der Waals surface area (Å²) in [7, 11) is 0. The summed E-state index contributed by atoms with van der Waals surface area (Å²) in [5.41, 5.74) is 0.725. The van der Waals surface area contributed by atoms with Crippen molar-refractivity contribution in [2.45, 2.75) is 20.3 Å². The molecule has 0 aromatic carbocycles. The van der Waals surface area contributed by atoms with Crippen molar-refractivity contribution in [1.82, 2.24) is 15.0 Å². The van der Waals surface area contributed by atoms with Gasteiger partial charge in [-0.25, -0.2) is 15.0 Å². The van der Waals surface area contributed by atoms with Crippen LogP contribution in [0.3, 0.4) is 0 Å². The number of nitrogens with zero attached hydrogens (tertiary/aromatic N) is 4.